The number of carbonyl (C=O) groups is 2. The molecule has 0 spiro atoms. The van der Waals surface area contributed by atoms with Crippen LogP contribution in [-0.2, 0) is 9.59 Å². The van der Waals surface area contributed by atoms with Gasteiger partial charge in [-0.3, -0.25) is 4.79 Å². The fraction of sp³-hybridized carbons (Fsp3) is 0.636. The summed E-state index contributed by atoms with van der Waals surface area (Å²) in [6.07, 6.45) is 3.95. The van der Waals surface area contributed by atoms with E-state index in [1.54, 1.807) is 0 Å². The molecule has 0 aromatic heterocycles. The Labute approximate surface area is 82.8 Å². The van der Waals surface area contributed by atoms with Gasteiger partial charge in [-0.15, -0.1) is 0 Å². The molecule has 0 radical (unpaired) electrons. The molecule has 0 unspecified atom stereocenters. The largest absolute Gasteiger partial charge is 0.478 e. The van der Waals surface area contributed by atoms with Gasteiger partial charge in [0.25, 0.3) is 0 Å². The van der Waals surface area contributed by atoms with E-state index in [2.05, 4.69) is 0 Å². The fourth-order valence-corrected chi connectivity index (χ4v) is 2.71. The van der Waals surface area contributed by atoms with Gasteiger partial charge in [0.1, 0.15) is 5.78 Å². The summed E-state index contributed by atoms with van der Waals surface area (Å²) in [6, 6.07) is 0. The van der Waals surface area contributed by atoms with Crippen LogP contribution >= 0.6 is 0 Å². The summed E-state index contributed by atoms with van der Waals surface area (Å²) in [6.45, 7) is 1.98. The van der Waals surface area contributed by atoms with E-state index in [9.17, 15) is 9.59 Å². The molecule has 3 atom stereocenters. The van der Waals surface area contributed by atoms with E-state index in [-0.39, 0.29) is 23.5 Å². The Morgan fingerprint density at radius 3 is 2.86 bits per heavy atom. The Morgan fingerprint density at radius 1 is 1.50 bits per heavy atom. The van der Waals surface area contributed by atoms with E-state index >= 15 is 0 Å². The van der Waals surface area contributed by atoms with Crippen molar-refractivity contribution in [3.8, 4) is 0 Å². The number of fused-ring (bicyclic) bond motifs is 1. The van der Waals surface area contributed by atoms with Gasteiger partial charge in [0.2, 0.25) is 0 Å². The highest BCUT2D eigenvalue weighted by atomic mass is 16.4. The molecule has 3 heteroatoms. The SMILES string of the molecule is C[C@H]1C=C(C(=O)O)[C@H]2CCC(=O)[C@H]2C1. The third-order valence-electron chi connectivity index (χ3n) is 3.34. The second kappa shape index (κ2) is 3.23. The van der Waals surface area contributed by atoms with Gasteiger partial charge >= 0.3 is 5.97 Å². The lowest BCUT2D eigenvalue weighted by molar-refractivity contribution is -0.133. The highest BCUT2D eigenvalue weighted by molar-refractivity contribution is 5.92. The Kier molecular flexibility index (Phi) is 2.17. The van der Waals surface area contributed by atoms with Crippen LogP contribution in [0.2, 0.25) is 0 Å². The van der Waals surface area contributed by atoms with E-state index < -0.39 is 5.97 Å². The number of carboxylic acid groups (broad SMARTS) is 1. The van der Waals surface area contributed by atoms with Crippen LogP contribution in [0.1, 0.15) is 26.2 Å². The molecule has 0 amide bonds. The van der Waals surface area contributed by atoms with Gasteiger partial charge in [-0.2, -0.15) is 0 Å². The average molecular weight is 194 g/mol. The van der Waals surface area contributed by atoms with Crippen LogP contribution in [0.15, 0.2) is 11.6 Å². The van der Waals surface area contributed by atoms with Gasteiger partial charge in [-0.25, -0.2) is 4.79 Å². The van der Waals surface area contributed by atoms with Crippen LogP contribution < -0.4 is 0 Å². The fourth-order valence-electron chi connectivity index (χ4n) is 2.71. The van der Waals surface area contributed by atoms with Crippen molar-refractivity contribution in [2.45, 2.75) is 26.2 Å². The van der Waals surface area contributed by atoms with Crippen molar-refractivity contribution in [1.82, 2.24) is 0 Å². The van der Waals surface area contributed by atoms with Crippen molar-refractivity contribution in [2.24, 2.45) is 17.8 Å². The molecule has 0 aliphatic heterocycles. The molecule has 2 rings (SSSR count). The number of rotatable bonds is 1. The minimum absolute atomic E-state index is 0.00352. The Bertz CT molecular complexity index is 316. The predicted molar refractivity (Wildman–Crippen MR) is 50.7 cm³/mol. The van der Waals surface area contributed by atoms with Crippen LogP contribution in [0.25, 0.3) is 0 Å². The van der Waals surface area contributed by atoms with Crippen LogP contribution in [0.3, 0.4) is 0 Å². The summed E-state index contributed by atoms with van der Waals surface area (Å²) < 4.78 is 0. The quantitative estimate of drug-likeness (QED) is 0.690. The van der Waals surface area contributed by atoms with Crippen molar-refractivity contribution in [3.63, 3.8) is 0 Å². The molecular weight excluding hydrogens is 180 g/mol. The molecule has 76 valence electrons. The second-order valence-corrected chi connectivity index (χ2v) is 4.36. The summed E-state index contributed by atoms with van der Waals surface area (Å²) in [7, 11) is 0. The molecule has 3 nitrogen and oxygen atoms in total. The summed E-state index contributed by atoms with van der Waals surface area (Å²) in [4.78, 5) is 22.5. The number of aliphatic carboxylic acids is 1. The number of hydrogen-bond acceptors (Lipinski definition) is 2. The molecule has 0 saturated heterocycles. The van der Waals surface area contributed by atoms with Gasteiger partial charge < -0.3 is 5.11 Å². The maximum Gasteiger partial charge on any atom is 0.331 e. The van der Waals surface area contributed by atoms with Crippen molar-refractivity contribution >= 4 is 11.8 Å². The lowest BCUT2D eigenvalue weighted by Gasteiger charge is -2.26. The molecule has 2 aliphatic rings. The number of carbonyl (C=O) groups excluding carboxylic acids is 1. The lowest BCUT2D eigenvalue weighted by atomic mass is 9.76. The number of hydrogen-bond donors (Lipinski definition) is 1. The van der Waals surface area contributed by atoms with Crippen LogP contribution in [0.5, 0.6) is 0 Å². The maximum absolute atomic E-state index is 11.5. The monoisotopic (exact) mass is 194 g/mol. The Balaban J connectivity index is 2.32. The minimum atomic E-state index is -0.846. The molecule has 0 aromatic rings. The third-order valence-corrected chi connectivity index (χ3v) is 3.34. The van der Waals surface area contributed by atoms with Crippen molar-refractivity contribution in [2.75, 3.05) is 0 Å². The van der Waals surface area contributed by atoms with E-state index in [4.69, 9.17) is 5.11 Å². The summed E-state index contributed by atoms with van der Waals surface area (Å²) in [5.41, 5.74) is 0.472. The standard InChI is InChI=1S/C11H14O3/c1-6-4-8-7(2-3-10(8)12)9(5-6)11(13)14/h5-8H,2-4H2,1H3,(H,13,14)/t6-,7+,8+/m1/s1. The first-order valence-corrected chi connectivity index (χ1v) is 5.07. The van der Waals surface area contributed by atoms with Gasteiger partial charge in [-0.05, 0) is 18.8 Å². The van der Waals surface area contributed by atoms with E-state index in [1.165, 1.54) is 0 Å². The number of ketones is 1. The van der Waals surface area contributed by atoms with Crippen molar-refractivity contribution in [1.29, 1.82) is 0 Å². The zero-order valence-electron chi connectivity index (χ0n) is 8.19. The van der Waals surface area contributed by atoms with Gasteiger partial charge in [0, 0.05) is 23.8 Å². The topological polar surface area (TPSA) is 54.4 Å². The predicted octanol–water partition coefficient (Wildman–Crippen LogP) is 1.63. The molecule has 1 fully saturated rings. The van der Waals surface area contributed by atoms with Crippen LogP contribution in [0, 0.1) is 17.8 Å². The molecule has 14 heavy (non-hydrogen) atoms. The van der Waals surface area contributed by atoms with Crippen LogP contribution in [0.4, 0.5) is 0 Å². The van der Waals surface area contributed by atoms with Crippen molar-refractivity contribution < 1.29 is 14.7 Å². The number of carboxylic acids is 1. The summed E-state index contributed by atoms with van der Waals surface area (Å²) in [5.74, 6) is -0.378. The minimum Gasteiger partial charge on any atom is -0.478 e. The summed E-state index contributed by atoms with van der Waals surface area (Å²) in [5, 5.41) is 9.01. The molecule has 1 saturated carbocycles. The number of allylic oxidation sites excluding steroid dienone is 1. The molecular formula is C11H14O3. The zero-order valence-corrected chi connectivity index (χ0v) is 8.19. The highest BCUT2D eigenvalue weighted by Gasteiger charge is 2.41. The molecule has 2 aliphatic carbocycles. The third kappa shape index (κ3) is 1.37. The second-order valence-electron chi connectivity index (χ2n) is 4.36. The van der Waals surface area contributed by atoms with E-state index in [0.29, 0.717) is 12.0 Å². The molecule has 0 bridgehead atoms. The first-order valence-electron chi connectivity index (χ1n) is 5.07. The smallest absolute Gasteiger partial charge is 0.331 e. The number of Topliss-reactive ketones (excluding diaryl/α,β-unsaturated/α-hetero) is 1. The zero-order chi connectivity index (χ0) is 10.3. The lowest BCUT2D eigenvalue weighted by Crippen LogP contribution is -2.26. The van der Waals surface area contributed by atoms with Gasteiger partial charge in [0.05, 0.1) is 0 Å². The Hall–Kier alpha value is -1.12. The van der Waals surface area contributed by atoms with E-state index in [1.807, 2.05) is 13.0 Å². The first kappa shape index (κ1) is 9.44. The summed E-state index contributed by atoms with van der Waals surface area (Å²) >= 11 is 0. The van der Waals surface area contributed by atoms with Crippen molar-refractivity contribution in [3.05, 3.63) is 11.6 Å². The normalized spacial score (nSPS) is 36.5. The van der Waals surface area contributed by atoms with E-state index in [0.717, 1.165) is 12.8 Å². The van der Waals surface area contributed by atoms with Gasteiger partial charge in [-0.1, -0.05) is 13.0 Å². The maximum atomic E-state index is 11.5. The molecule has 1 N–H and O–H groups in total. The highest BCUT2D eigenvalue weighted by Crippen LogP contribution is 2.42. The Morgan fingerprint density at radius 2 is 2.21 bits per heavy atom. The van der Waals surface area contributed by atoms with Crippen LogP contribution in [-0.4, -0.2) is 16.9 Å². The average Bonchev–Trinajstić information content (AvgIpc) is 2.47. The molecule has 0 aromatic carbocycles. The molecule has 0 heterocycles. The van der Waals surface area contributed by atoms with Gasteiger partial charge in [0.15, 0.2) is 0 Å². The first-order chi connectivity index (χ1) is 6.59.